The molecule has 138 valence electrons. The highest BCUT2D eigenvalue weighted by Crippen LogP contribution is 2.37. The molecule has 0 N–H and O–H groups in total. The average molecular weight is 436 g/mol. The summed E-state index contributed by atoms with van der Waals surface area (Å²) in [5.41, 5.74) is 0.677. The lowest BCUT2D eigenvalue weighted by Gasteiger charge is -2.14. The number of fused-ring (bicyclic) bond motifs is 3. The highest BCUT2D eigenvalue weighted by molar-refractivity contribution is 7.93. The minimum atomic E-state index is -4.08. The summed E-state index contributed by atoms with van der Waals surface area (Å²) in [4.78, 5) is 27.2. The van der Waals surface area contributed by atoms with Crippen LogP contribution in [-0.4, -0.2) is 43.0 Å². The van der Waals surface area contributed by atoms with Crippen molar-refractivity contribution in [3.05, 3.63) is 28.4 Å². The van der Waals surface area contributed by atoms with E-state index in [0.29, 0.717) is 29.5 Å². The van der Waals surface area contributed by atoms with E-state index in [4.69, 9.17) is 23.2 Å². The van der Waals surface area contributed by atoms with Gasteiger partial charge in [0.25, 0.3) is 0 Å². The number of imidazole rings is 1. The van der Waals surface area contributed by atoms with Gasteiger partial charge in [0.05, 0.1) is 45.7 Å². The number of esters is 1. The fourth-order valence-electron chi connectivity index (χ4n) is 2.28. The highest BCUT2D eigenvalue weighted by atomic mass is 35.5. The zero-order valence-electron chi connectivity index (χ0n) is 13.2. The zero-order chi connectivity index (χ0) is 19.1. The summed E-state index contributed by atoms with van der Waals surface area (Å²) in [6.07, 6.45) is 1.18. The number of rotatable bonds is 6. The lowest BCUT2D eigenvalue weighted by molar-refractivity contribution is -0.140. The monoisotopic (exact) mass is 435 g/mol. The summed E-state index contributed by atoms with van der Waals surface area (Å²) in [7, 11) is -2.93. The first kappa shape index (κ1) is 18.9. The average Bonchev–Trinajstić information content (AvgIpc) is 3.15. The number of ether oxygens (including phenoxy) is 1. The highest BCUT2D eigenvalue weighted by Gasteiger charge is 2.26. The first-order chi connectivity index (χ1) is 12.3. The third-order valence-corrected chi connectivity index (χ3v) is 7.15. The molecule has 3 aromatic rings. The van der Waals surface area contributed by atoms with Crippen molar-refractivity contribution in [1.29, 1.82) is 0 Å². The van der Waals surface area contributed by atoms with Crippen LogP contribution < -0.4 is 4.31 Å². The Balaban J connectivity index is 2.02. The fourth-order valence-corrected chi connectivity index (χ4v) is 4.93. The second-order valence-electron chi connectivity index (χ2n) is 5.11. The van der Waals surface area contributed by atoms with Crippen molar-refractivity contribution in [2.45, 2.75) is 6.42 Å². The lowest BCUT2D eigenvalue weighted by Crippen LogP contribution is -2.32. The molecule has 2 aromatic heterocycles. The first-order valence-corrected chi connectivity index (χ1v) is 10.3. The second-order valence-corrected chi connectivity index (χ2v) is 8.83. The Morgan fingerprint density at radius 3 is 2.81 bits per heavy atom. The maximum Gasteiger partial charge on any atom is 0.306 e. The molecule has 0 aliphatic heterocycles. The summed E-state index contributed by atoms with van der Waals surface area (Å²) in [5.74, 6) is -1.35. The molecule has 0 fully saturated rings. The van der Waals surface area contributed by atoms with E-state index in [0.717, 1.165) is 7.11 Å². The number of aromatic nitrogens is 2. The molecule has 0 spiro atoms. The summed E-state index contributed by atoms with van der Waals surface area (Å²) >= 11 is 13.4. The van der Waals surface area contributed by atoms with E-state index in [9.17, 15) is 18.0 Å². The Labute approximate surface area is 161 Å². The molecule has 12 heteroatoms. The number of benzene rings is 1. The molecule has 0 radical (unpaired) electrons. The predicted octanol–water partition coefficient (Wildman–Crippen LogP) is 2.71. The molecule has 2 heterocycles. The van der Waals surface area contributed by atoms with E-state index >= 15 is 0 Å². The van der Waals surface area contributed by atoms with E-state index in [-0.39, 0.29) is 18.6 Å². The Hall–Kier alpha value is -1.88. The first-order valence-electron chi connectivity index (χ1n) is 7.08. The largest absolute Gasteiger partial charge is 0.469 e. The van der Waals surface area contributed by atoms with Crippen LogP contribution in [0.15, 0.2) is 18.3 Å². The van der Waals surface area contributed by atoms with Crippen molar-refractivity contribution < 1.29 is 22.7 Å². The number of nitrogens with zero attached hydrogens (tertiary/aromatic N) is 3. The van der Waals surface area contributed by atoms with E-state index in [1.807, 2.05) is 0 Å². The number of methoxy groups -OCH3 is 1. The molecule has 0 atom stereocenters. The molecule has 1 amide bonds. The van der Waals surface area contributed by atoms with Crippen LogP contribution in [0.5, 0.6) is 0 Å². The number of hydrogen-bond acceptors (Lipinski definition) is 7. The molecular formula is C14H11Cl2N3O5S2. The van der Waals surface area contributed by atoms with Crippen molar-refractivity contribution in [3.63, 3.8) is 0 Å². The van der Waals surface area contributed by atoms with Crippen LogP contribution in [0.2, 0.25) is 10.0 Å². The van der Waals surface area contributed by atoms with E-state index in [1.54, 1.807) is 16.5 Å². The molecule has 1 aromatic carbocycles. The fraction of sp³-hybridized carbons (Fsp3) is 0.214. The molecule has 26 heavy (non-hydrogen) atoms. The number of thiazole rings is 1. The molecule has 8 nitrogen and oxygen atoms in total. The summed E-state index contributed by atoms with van der Waals surface area (Å²) in [6, 6.07) is 3.33. The van der Waals surface area contributed by atoms with Crippen molar-refractivity contribution in [2.75, 3.05) is 17.2 Å². The van der Waals surface area contributed by atoms with Gasteiger partial charge in [-0.1, -0.05) is 34.5 Å². The standard InChI is InChI=1S/C14H11Cl2N3O5S2/c1-24-11(21)4-5-26(22,23)19(7-20)10-6-18-9-3-2-8(15)12(16)13(9)25-14(18)17-10/h2-3,6-7H,4-5H2,1H3. The Kier molecular flexibility index (Phi) is 5.11. The van der Waals surface area contributed by atoms with E-state index in [2.05, 4.69) is 9.72 Å². The maximum atomic E-state index is 12.3. The van der Waals surface area contributed by atoms with Gasteiger partial charge < -0.3 is 4.74 Å². The van der Waals surface area contributed by atoms with Gasteiger partial charge >= 0.3 is 5.97 Å². The summed E-state index contributed by atoms with van der Waals surface area (Å²) < 4.78 is 31.9. The number of sulfonamides is 1. The number of carbonyl (C=O) groups excluding carboxylic acids is 2. The molecule has 0 bridgehead atoms. The van der Waals surface area contributed by atoms with Crippen LogP contribution in [0.3, 0.4) is 0 Å². The van der Waals surface area contributed by atoms with Gasteiger partial charge in [0.15, 0.2) is 10.8 Å². The molecule has 0 saturated carbocycles. The van der Waals surface area contributed by atoms with Gasteiger partial charge in [0, 0.05) is 0 Å². The number of carbonyl (C=O) groups is 2. The number of amides is 1. The molecule has 3 rings (SSSR count). The quantitative estimate of drug-likeness (QED) is 0.435. The van der Waals surface area contributed by atoms with E-state index in [1.165, 1.54) is 17.5 Å². The van der Waals surface area contributed by atoms with Crippen LogP contribution in [0.4, 0.5) is 5.82 Å². The normalized spacial score (nSPS) is 11.8. The maximum absolute atomic E-state index is 12.3. The van der Waals surface area contributed by atoms with Gasteiger partial charge in [-0.15, -0.1) is 0 Å². The van der Waals surface area contributed by atoms with Crippen molar-refractivity contribution in [3.8, 4) is 0 Å². The number of halogens is 2. The van der Waals surface area contributed by atoms with Gasteiger partial charge in [0.2, 0.25) is 16.4 Å². The Morgan fingerprint density at radius 1 is 1.42 bits per heavy atom. The summed E-state index contributed by atoms with van der Waals surface area (Å²) in [5, 5.41) is 0.767. The third kappa shape index (κ3) is 3.25. The molecule has 0 unspecified atom stereocenters. The lowest BCUT2D eigenvalue weighted by atomic mass is 10.3. The molecule has 0 aliphatic rings. The SMILES string of the molecule is COC(=O)CCS(=O)(=O)N(C=O)c1cn2c(n1)sc1c(Cl)c(Cl)ccc12. The number of hydrogen-bond donors (Lipinski definition) is 0. The molecular weight excluding hydrogens is 425 g/mol. The minimum absolute atomic E-state index is 0.0795. The van der Waals surface area contributed by atoms with Gasteiger partial charge in [0.1, 0.15) is 0 Å². The number of anilines is 1. The Bertz CT molecular complexity index is 1120. The zero-order valence-corrected chi connectivity index (χ0v) is 16.3. The van der Waals surface area contributed by atoms with Crippen LogP contribution in [-0.2, 0) is 24.3 Å². The van der Waals surface area contributed by atoms with Gasteiger partial charge in [-0.2, -0.15) is 9.29 Å². The minimum Gasteiger partial charge on any atom is -0.469 e. The second kappa shape index (κ2) is 7.03. The molecule has 0 aliphatic carbocycles. The summed E-state index contributed by atoms with van der Waals surface area (Å²) in [6.45, 7) is 0. The van der Waals surface area contributed by atoms with Gasteiger partial charge in [-0.05, 0) is 12.1 Å². The molecule has 0 saturated heterocycles. The van der Waals surface area contributed by atoms with E-state index < -0.39 is 21.7 Å². The topological polar surface area (TPSA) is 98.0 Å². The van der Waals surface area contributed by atoms with Crippen LogP contribution >= 0.6 is 34.5 Å². The van der Waals surface area contributed by atoms with Crippen LogP contribution in [0.25, 0.3) is 15.2 Å². The smallest absolute Gasteiger partial charge is 0.306 e. The van der Waals surface area contributed by atoms with Crippen molar-refractivity contribution in [1.82, 2.24) is 9.38 Å². The third-order valence-electron chi connectivity index (χ3n) is 3.56. The van der Waals surface area contributed by atoms with Gasteiger partial charge in [-0.25, -0.2) is 8.42 Å². The predicted molar refractivity (Wildman–Crippen MR) is 99.6 cm³/mol. The Morgan fingerprint density at radius 2 is 2.15 bits per heavy atom. The van der Waals surface area contributed by atoms with Crippen LogP contribution in [0.1, 0.15) is 6.42 Å². The van der Waals surface area contributed by atoms with Gasteiger partial charge in [-0.3, -0.25) is 14.0 Å². The van der Waals surface area contributed by atoms with Crippen LogP contribution in [0, 0.1) is 0 Å². The van der Waals surface area contributed by atoms with Crippen molar-refractivity contribution in [2.24, 2.45) is 0 Å². The van der Waals surface area contributed by atoms with Crippen molar-refractivity contribution >= 4 is 77.9 Å².